The quantitative estimate of drug-likeness (QED) is 0.293. The second kappa shape index (κ2) is 9.29. The number of carbonyl (C=O) groups is 1. The molecule has 6 nitrogen and oxygen atoms in total. The van der Waals surface area contributed by atoms with Gasteiger partial charge in [0.1, 0.15) is 12.0 Å². The molecule has 4 aromatic rings. The van der Waals surface area contributed by atoms with Crippen molar-refractivity contribution in [3.8, 4) is 5.75 Å². The van der Waals surface area contributed by atoms with Crippen LogP contribution in [-0.4, -0.2) is 12.9 Å². The topological polar surface area (TPSA) is 80.6 Å². The average molecular weight is 533 g/mol. The molecule has 0 radical (unpaired) electrons. The van der Waals surface area contributed by atoms with E-state index in [4.69, 9.17) is 32.4 Å². The van der Waals surface area contributed by atoms with Crippen LogP contribution in [-0.2, 0) is 4.79 Å². The van der Waals surface area contributed by atoms with Gasteiger partial charge in [-0.15, -0.1) is 0 Å². The molecule has 1 aliphatic carbocycles. The maximum atomic E-state index is 13.8. The van der Waals surface area contributed by atoms with Gasteiger partial charge in [-0.3, -0.25) is 9.59 Å². The molecule has 8 heteroatoms. The molecule has 1 aromatic heterocycles. The highest BCUT2D eigenvalue weighted by molar-refractivity contribution is 6.38. The van der Waals surface area contributed by atoms with E-state index in [0.29, 0.717) is 29.0 Å². The van der Waals surface area contributed by atoms with Crippen molar-refractivity contribution in [2.75, 3.05) is 17.7 Å². The van der Waals surface area contributed by atoms with Crippen LogP contribution in [0.25, 0.3) is 11.0 Å². The molecule has 2 N–H and O–H groups in total. The largest absolute Gasteiger partial charge is 0.497 e. The van der Waals surface area contributed by atoms with Gasteiger partial charge in [0.2, 0.25) is 0 Å². The highest BCUT2D eigenvalue weighted by Gasteiger charge is 2.37. The Morgan fingerprint density at radius 3 is 2.49 bits per heavy atom. The van der Waals surface area contributed by atoms with E-state index in [1.54, 1.807) is 13.2 Å². The van der Waals surface area contributed by atoms with Crippen molar-refractivity contribution >= 4 is 51.3 Å². The summed E-state index contributed by atoms with van der Waals surface area (Å²) in [6.45, 7) is 0. The smallest absolute Gasteiger partial charge is 0.198 e. The van der Waals surface area contributed by atoms with Crippen LogP contribution in [0.5, 0.6) is 5.75 Å². The summed E-state index contributed by atoms with van der Waals surface area (Å²) in [5.74, 6) is 0.713. The first-order chi connectivity index (χ1) is 17.9. The number of para-hydroxylation sites is 2. The summed E-state index contributed by atoms with van der Waals surface area (Å²) < 4.78 is 11.1. The van der Waals surface area contributed by atoms with Crippen LogP contribution in [0.3, 0.4) is 0 Å². The van der Waals surface area contributed by atoms with Gasteiger partial charge in [-0.1, -0.05) is 47.5 Å². The maximum absolute atomic E-state index is 13.8. The van der Waals surface area contributed by atoms with Crippen LogP contribution in [0.15, 0.2) is 87.4 Å². The van der Waals surface area contributed by atoms with Crippen molar-refractivity contribution in [3.05, 3.63) is 110 Å². The van der Waals surface area contributed by atoms with Gasteiger partial charge in [-0.2, -0.15) is 0 Å². The van der Waals surface area contributed by atoms with Crippen LogP contribution in [0.2, 0.25) is 10.0 Å². The molecule has 0 bridgehead atoms. The molecule has 0 saturated heterocycles. The Morgan fingerprint density at radius 2 is 1.73 bits per heavy atom. The molecule has 6 rings (SSSR count). The third kappa shape index (κ3) is 4.16. The summed E-state index contributed by atoms with van der Waals surface area (Å²) in [6.07, 6.45) is 2.32. The average Bonchev–Trinajstić information content (AvgIpc) is 3.06. The van der Waals surface area contributed by atoms with Crippen molar-refractivity contribution in [3.63, 3.8) is 0 Å². The number of hydrogen-bond acceptors (Lipinski definition) is 6. The number of benzene rings is 3. The maximum Gasteiger partial charge on any atom is 0.198 e. The third-order valence-corrected chi connectivity index (χ3v) is 7.53. The highest BCUT2D eigenvalue weighted by Crippen LogP contribution is 2.44. The fourth-order valence-electron chi connectivity index (χ4n) is 5.22. The number of ether oxygens (including phenoxy) is 1. The normalized spacial score (nSPS) is 18.9. The summed E-state index contributed by atoms with van der Waals surface area (Å²) in [5, 5.41) is 7.76. The Kier molecular flexibility index (Phi) is 5.94. The Hall–Kier alpha value is -3.74. The van der Waals surface area contributed by atoms with E-state index in [1.165, 1.54) is 12.3 Å². The standard InChI is InChI=1S/C29H22Cl2N2O4/c1-36-18-8-6-15(7-9-18)16-10-24-26(25(34)11-16)27(33-23-5-3-2-4-22(23)32-24)20-14-37-29-19(28(20)35)12-17(30)13-21(29)31/h2-9,12-14,16,27,32-33H,10-11H2,1H3/t16-,27-/m1/s1. The van der Waals surface area contributed by atoms with Crippen LogP contribution in [0.1, 0.15) is 35.9 Å². The molecule has 186 valence electrons. The first-order valence-corrected chi connectivity index (χ1v) is 12.6. The molecule has 0 amide bonds. The number of methoxy groups -OCH3 is 1. The van der Waals surface area contributed by atoms with Crippen molar-refractivity contribution in [2.45, 2.75) is 24.8 Å². The van der Waals surface area contributed by atoms with Gasteiger partial charge >= 0.3 is 0 Å². The summed E-state index contributed by atoms with van der Waals surface area (Å²) >= 11 is 12.5. The minimum Gasteiger partial charge on any atom is -0.497 e. The van der Waals surface area contributed by atoms with Crippen LogP contribution in [0.4, 0.5) is 11.4 Å². The predicted molar refractivity (Wildman–Crippen MR) is 146 cm³/mol. The first-order valence-electron chi connectivity index (χ1n) is 11.9. The third-order valence-electron chi connectivity index (χ3n) is 7.03. The van der Waals surface area contributed by atoms with Gasteiger partial charge in [0.25, 0.3) is 0 Å². The number of anilines is 2. The van der Waals surface area contributed by atoms with Gasteiger partial charge < -0.3 is 19.8 Å². The fourth-order valence-corrected chi connectivity index (χ4v) is 5.75. The number of fused-ring (bicyclic) bond motifs is 2. The molecule has 2 heterocycles. The minimum absolute atomic E-state index is 0.0128. The van der Waals surface area contributed by atoms with E-state index >= 15 is 0 Å². The van der Waals surface area contributed by atoms with E-state index in [-0.39, 0.29) is 33.1 Å². The molecule has 0 fully saturated rings. The van der Waals surface area contributed by atoms with Gasteiger partial charge in [0.15, 0.2) is 16.8 Å². The number of halogens is 2. The Balaban J connectivity index is 1.50. The van der Waals surface area contributed by atoms with Crippen molar-refractivity contribution < 1.29 is 13.9 Å². The van der Waals surface area contributed by atoms with Crippen LogP contribution in [0, 0.1) is 0 Å². The number of hydrogen-bond donors (Lipinski definition) is 2. The lowest BCUT2D eigenvalue weighted by Gasteiger charge is -2.29. The van der Waals surface area contributed by atoms with E-state index < -0.39 is 6.04 Å². The van der Waals surface area contributed by atoms with E-state index in [9.17, 15) is 9.59 Å². The van der Waals surface area contributed by atoms with Crippen molar-refractivity contribution in [2.24, 2.45) is 0 Å². The zero-order valence-corrected chi connectivity index (χ0v) is 21.3. The Morgan fingerprint density at radius 1 is 0.973 bits per heavy atom. The second-order valence-electron chi connectivity index (χ2n) is 9.23. The van der Waals surface area contributed by atoms with E-state index in [2.05, 4.69) is 10.6 Å². The van der Waals surface area contributed by atoms with Crippen LogP contribution >= 0.6 is 23.2 Å². The number of ketones is 1. The second-order valence-corrected chi connectivity index (χ2v) is 10.1. The molecule has 0 spiro atoms. The van der Waals surface area contributed by atoms with Gasteiger partial charge in [0, 0.05) is 22.7 Å². The van der Waals surface area contributed by atoms with E-state index in [1.807, 2.05) is 48.5 Å². The number of allylic oxidation sites excluding steroid dienone is 1. The Bertz CT molecular complexity index is 1640. The first kappa shape index (κ1) is 23.6. The molecular weight excluding hydrogens is 511 g/mol. The predicted octanol–water partition coefficient (Wildman–Crippen LogP) is 7.09. The van der Waals surface area contributed by atoms with Gasteiger partial charge in [-0.25, -0.2) is 0 Å². The summed E-state index contributed by atoms with van der Waals surface area (Å²) in [6, 6.07) is 17.8. The van der Waals surface area contributed by atoms with E-state index in [0.717, 1.165) is 28.4 Å². The molecule has 3 aromatic carbocycles. The molecule has 2 aliphatic rings. The molecule has 0 unspecified atom stereocenters. The summed E-state index contributed by atoms with van der Waals surface area (Å²) in [5.41, 5.74) is 4.25. The fraction of sp³-hybridized carbons (Fsp3) is 0.172. The van der Waals surface area contributed by atoms with Gasteiger partial charge in [0.05, 0.1) is 40.5 Å². The molecule has 1 aliphatic heterocycles. The Labute approximate surface area is 222 Å². The van der Waals surface area contributed by atoms with Gasteiger partial charge in [-0.05, 0) is 54.3 Å². The molecule has 2 atom stereocenters. The summed E-state index contributed by atoms with van der Waals surface area (Å²) in [7, 11) is 1.63. The number of rotatable bonds is 3. The molecule has 0 saturated carbocycles. The monoisotopic (exact) mass is 532 g/mol. The lowest BCUT2D eigenvalue weighted by molar-refractivity contribution is -0.116. The lowest BCUT2D eigenvalue weighted by Crippen LogP contribution is -2.29. The number of carbonyl (C=O) groups excluding carboxylic acids is 1. The van der Waals surface area contributed by atoms with Crippen molar-refractivity contribution in [1.82, 2.24) is 0 Å². The highest BCUT2D eigenvalue weighted by atomic mass is 35.5. The molecular formula is C29H22Cl2N2O4. The zero-order valence-electron chi connectivity index (χ0n) is 19.8. The number of nitrogens with one attached hydrogen (secondary N) is 2. The lowest BCUT2D eigenvalue weighted by atomic mass is 9.78. The SMILES string of the molecule is COc1ccc([C@H]2CC(=O)C3=C(C2)Nc2ccccc2N[C@@H]3c2coc3c(Cl)cc(Cl)cc3c2=O)cc1. The molecule has 37 heavy (non-hydrogen) atoms. The number of Topliss-reactive ketones (excluding diaryl/α,β-unsaturated/α-hetero) is 1. The minimum atomic E-state index is -0.714. The van der Waals surface area contributed by atoms with Crippen molar-refractivity contribution in [1.29, 1.82) is 0 Å². The van der Waals surface area contributed by atoms with Crippen LogP contribution < -0.4 is 20.8 Å². The zero-order chi connectivity index (χ0) is 25.7. The summed E-state index contributed by atoms with van der Waals surface area (Å²) in [4.78, 5) is 27.5.